The molecule has 2 aliphatic heterocycles. The van der Waals surface area contributed by atoms with Crippen molar-refractivity contribution in [1.82, 2.24) is 4.90 Å². The zero-order chi connectivity index (χ0) is 18.3. The van der Waals surface area contributed by atoms with Crippen molar-refractivity contribution in [2.24, 2.45) is 0 Å². The molecule has 7 nitrogen and oxygen atoms in total. The number of furan rings is 1. The Balaban J connectivity index is 1.66. The number of benzene rings is 1. The third kappa shape index (κ3) is 3.10. The van der Waals surface area contributed by atoms with Crippen molar-refractivity contribution in [2.75, 3.05) is 30.1 Å². The van der Waals surface area contributed by atoms with Crippen LogP contribution in [-0.2, 0) is 21.2 Å². The van der Waals surface area contributed by atoms with Crippen LogP contribution in [0.3, 0.4) is 0 Å². The number of nitrogens with zero attached hydrogens (tertiary/aromatic N) is 2. The molecule has 2 fully saturated rings. The number of hydrogen-bond donors (Lipinski definition) is 0. The van der Waals surface area contributed by atoms with Gasteiger partial charge in [0.1, 0.15) is 11.5 Å². The highest BCUT2D eigenvalue weighted by Gasteiger charge is 2.49. The maximum atomic E-state index is 12.9. The van der Waals surface area contributed by atoms with E-state index in [1.54, 1.807) is 48.6 Å². The fourth-order valence-corrected chi connectivity index (χ4v) is 5.79. The molecule has 0 radical (unpaired) electrons. The van der Waals surface area contributed by atoms with Gasteiger partial charge in [0.05, 0.1) is 44.0 Å². The predicted octanol–water partition coefficient (Wildman–Crippen LogP) is 1.30. The predicted molar refractivity (Wildman–Crippen MR) is 95.8 cm³/mol. The summed E-state index contributed by atoms with van der Waals surface area (Å²) in [5.41, 5.74) is 0.695. The van der Waals surface area contributed by atoms with E-state index in [0.717, 1.165) is 5.76 Å². The van der Waals surface area contributed by atoms with E-state index < -0.39 is 15.9 Å². The van der Waals surface area contributed by atoms with Crippen LogP contribution < -0.4 is 9.64 Å². The number of ether oxygens (including phenoxy) is 1. The molecule has 1 amide bonds. The maximum Gasteiger partial charge on any atom is 0.241 e. The third-order valence-electron chi connectivity index (χ3n) is 4.99. The lowest BCUT2D eigenvalue weighted by molar-refractivity contribution is -0.123. The van der Waals surface area contributed by atoms with Crippen LogP contribution in [0.25, 0.3) is 0 Å². The summed E-state index contributed by atoms with van der Waals surface area (Å²) in [5.74, 6) is 1.33. The van der Waals surface area contributed by atoms with Crippen molar-refractivity contribution < 1.29 is 22.4 Å². The molecule has 0 bridgehead atoms. The Morgan fingerprint density at radius 1 is 1.15 bits per heavy atom. The van der Waals surface area contributed by atoms with Crippen molar-refractivity contribution in [1.29, 1.82) is 0 Å². The SMILES string of the molecule is COc1ccc(N2C(=O)CN(Cc3ccco3)C3CS(=O)(=O)CC32)cc1. The third-order valence-corrected chi connectivity index (χ3v) is 6.69. The molecule has 0 saturated carbocycles. The first-order chi connectivity index (χ1) is 12.5. The standard InChI is InChI=1S/C18H20N2O5S/c1-24-14-6-4-13(5-7-14)20-17-12-26(22,23)11-16(17)19(10-18(20)21)9-15-3-2-8-25-15/h2-8,16-17H,9-12H2,1H3. The molecule has 2 atom stereocenters. The lowest BCUT2D eigenvalue weighted by Crippen LogP contribution is -2.61. The van der Waals surface area contributed by atoms with Gasteiger partial charge in [0, 0.05) is 11.7 Å². The van der Waals surface area contributed by atoms with Gasteiger partial charge < -0.3 is 14.1 Å². The highest BCUT2D eigenvalue weighted by molar-refractivity contribution is 7.91. The minimum atomic E-state index is -3.21. The quantitative estimate of drug-likeness (QED) is 0.800. The molecule has 3 heterocycles. The number of hydrogen-bond acceptors (Lipinski definition) is 6. The van der Waals surface area contributed by atoms with Crippen molar-refractivity contribution in [3.8, 4) is 5.75 Å². The van der Waals surface area contributed by atoms with Crippen LogP contribution in [0.2, 0.25) is 0 Å². The molecule has 2 saturated heterocycles. The summed E-state index contributed by atoms with van der Waals surface area (Å²) in [6.45, 7) is 0.579. The lowest BCUT2D eigenvalue weighted by Gasteiger charge is -2.43. The van der Waals surface area contributed by atoms with Gasteiger partial charge >= 0.3 is 0 Å². The van der Waals surface area contributed by atoms with Crippen molar-refractivity contribution in [3.05, 3.63) is 48.4 Å². The van der Waals surface area contributed by atoms with Gasteiger partial charge in [-0.05, 0) is 36.4 Å². The van der Waals surface area contributed by atoms with E-state index in [0.29, 0.717) is 18.0 Å². The van der Waals surface area contributed by atoms with Crippen LogP contribution in [0.15, 0.2) is 47.1 Å². The monoisotopic (exact) mass is 376 g/mol. The second kappa shape index (κ2) is 6.44. The van der Waals surface area contributed by atoms with Gasteiger partial charge in [0.25, 0.3) is 0 Å². The topological polar surface area (TPSA) is 80.1 Å². The smallest absolute Gasteiger partial charge is 0.241 e. The summed E-state index contributed by atoms with van der Waals surface area (Å²) in [4.78, 5) is 16.4. The summed E-state index contributed by atoms with van der Waals surface area (Å²) < 4.78 is 35.2. The molecule has 0 spiro atoms. The number of amides is 1. The molecular formula is C18H20N2O5S. The number of rotatable bonds is 4. The zero-order valence-electron chi connectivity index (χ0n) is 14.4. The minimum absolute atomic E-state index is 0.0237. The largest absolute Gasteiger partial charge is 0.497 e. The number of carbonyl (C=O) groups is 1. The second-order valence-electron chi connectivity index (χ2n) is 6.66. The molecule has 138 valence electrons. The van der Waals surface area contributed by atoms with E-state index >= 15 is 0 Å². The number of anilines is 1. The van der Waals surface area contributed by atoms with Crippen LogP contribution in [0.4, 0.5) is 5.69 Å². The van der Waals surface area contributed by atoms with Gasteiger partial charge in [0.15, 0.2) is 9.84 Å². The van der Waals surface area contributed by atoms with E-state index in [9.17, 15) is 13.2 Å². The minimum Gasteiger partial charge on any atom is -0.497 e. The highest BCUT2D eigenvalue weighted by atomic mass is 32.2. The fourth-order valence-electron chi connectivity index (χ4n) is 3.81. The summed E-state index contributed by atoms with van der Waals surface area (Å²) in [5, 5.41) is 0. The Labute approximate surface area is 152 Å². The number of carbonyl (C=O) groups excluding carboxylic acids is 1. The number of fused-ring (bicyclic) bond motifs is 1. The van der Waals surface area contributed by atoms with Gasteiger partial charge in [0.2, 0.25) is 5.91 Å². The summed E-state index contributed by atoms with van der Waals surface area (Å²) in [6, 6.07) is 10.1. The van der Waals surface area contributed by atoms with E-state index in [-0.39, 0.29) is 30.0 Å². The van der Waals surface area contributed by atoms with Crippen LogP contribution in [0.5, 0.6) is 5.75 Å². The van der Waals surface area contributed by atoms with Crippen molar-refractivity contribution in [2.45, 2.75) is 18.6 Å². The lowest BCUT2D eigenvalue weighted by atomic mass is 10.0. The van der Waals surface area contributed by atoms with E-state index in [1.165, 1.54) is 0 Å². The molecule has 0 aliphatic carbocycles. The van der Waals surface area contributed by atoms with Crippen molar-refractivity contribution >= 4 is 21.4 Å². The Hall–Kier alpha value is -2.32. The number of methoxy groups -OCH3 is 1. The van der Waals surface area contributed by atoms with E-state index in [1.807, 2.05) is 11.0 Å². The molecule has 1 aromatic heterocycles. The molecule has 26 heavy (non-hydrogen) atoms. The van der Waals surface area contributed by atoms with Gasteiger partial charge in [-0.3, -0.25) is 9.69 Å². The average Bonchev–Trinajstić information content (AvgIpc) is 3.22. The molecule has 0 N–H and O–H groups in total. The Bertz CT molecular complexity index is 892. The molecule has 2 aliphatic rings. The van der Waals surface area contributed by atoms with Gasteiger partial charge in [-0.25, -0.2) is 8.42 Å². The molecule has 4 rings (SSSR count). The van der Waals surface area contributed by atoms with Crippen LogP contribution >= 0.6 is 0 Å². The normalized spacial score (nSPS) is 25.3. The van der Waals surface area contributed by atoms with Crippen LogP contribution in [0.1, 0.15) is 5.76 Å². The molecule has 8 heteroatoms. The number of piperazine rings is 1. The summed E-state index contributed by atoms with van der Waals surface area (Å²) in [6.07, 6.45) is 1.58. The first-order valence-corrected chi connectivity index (χ1v) is 10.2. The molecule has 2 unspecified atom stereocenters. The Morgan fingerprint density at radius 2 is 1.88 bits per heavy atom. The van der Waals surface area contributed by atoms with Crippen molar-refractivity contribution in [3.63, 3.8) is 0 Å². The second-order valence-corrected chi connectivity index (χ2v) is 8.81. The van der Waals surface area contributed by atoms with E-state index in [4.69, 9.17) is 9.15 Å². The Morgan fingerprint density at radius 3 is 2.54 bits per heavy atom. The van der Waals surface area contributed by atoms with Crippen LogP contribution in [0, 0.1) is 0 Å². The van der Waals surface area contributed by atoms with Gasteiger partial charge in [-0.2, -0.15) is 0 Å². The average molecular weight is 376 g/mol. The fraction of sp³-hybridized carbons (Fsp3) is 0.389. The Kier molecular flexibility index (Phi) is 4.24. The van der Waals surface area contributed by atoms with Gasteiger partial charge in [-0.15, -0.1) is 0 Å². The number of sulfone groups is 1. The summed E-state index contributed by atoms with van der Waals surface area (Å²) >= 11 is 0. The maximum absolute atomic E-state index is 12.9. The first kappa shape index (κ1) is 17.1. The first-order valence-electron chi connectivity index (χ1n) is 8.40. The van der Waals surface area contributed by atoms with E-state index in [2.05, 4.69) is 0 Å². The molecule has 2 aromatic rings. The highest BCUT2D eigenvalue weighted by Crippen LogP contribution is 2.33. The van der Waals surface area contributed by atoms with Crippen LogP contribution in [-0.4, -0.2) is 56.5 Å². The summed E-state index contributed by atoms with van der Waals surface area (Å²) in [7, 11) is -1.63. The zero-order valence-corrected chi connectivity index (χ0v) is 15.2. The molecular weight excluding hydrogens is 356 g/mol. The molecule has 1 aromatic carbocycles. The van der Waals surface area contributed by atoms with Gasteiger partial charge in [-0.1, -0.05) is 0 Å².